The number of nitrogens with one attached hydrogen (secondary N) is 2. The molecule has 10 heteroatoms. The molecule has 2 fully saturated rings. The van der Waals surface area contributed by atoms with E-state index in [1.807, 2.05) is 11.8 Å². The van der Waals surface area contributed by atoms with Crippen LogP contribution in [-0.4, -0.2) is 75.8 Å². The number of carbonyl (C=O) groups excluding carboxylic acids is 1. The van der Waals surface area contributed by atoms with Crippen LogP contribution >= 0.6 is 35.7 Å². The summed E-state index contributed by atoms with van der Waals surface area (Å²) >= 11 is 1.95. The minimum Gasteiger partial charge on any atom is -0.355 e. The maximum absolute atomic E-state index is 12.7. The summed E-state index contributed by atoms with van der Waals surface area (Å²) in [6.45, 7) is 5.51. The average Bonchev–Trinajstić information content (AvgIpc) is 3.21. The number of nitrogens with zero attached hydrogens (tertiary/aromatic N) is 5. The summed E-state index contributed by atoms with van der Waals surface area (Å²) < 4.78 is 2.07. The third-order valence-corrected chi connectivity index (χ3v) is 6.56. The number of hydrogen-bond donors (Lipinski definition) is 2. The molecule has 1 aliphatic carbocycles. The predicted molar refractivity (Wildman–Crippen MR) is 129 cm³/mol. The summed E-state index contributed by atoms with van der Waals surface area (Å²) in [5.74, 6) is 4.58. The molecule has 164 valence electrons. The fraction of sp³-hybridized carbons (Fsp3) is 0.789. The highest BCUT2D eigenvalue weighted by molar-refractivity contribution is 14.0. The third kappa shape index (κ3) is 7.01. The second-order valence-electron chi connectivity index (χ2n) is 7.42. The molecule has 2 N–H and O–H groups in total. The molecule has 0 radical (unpaired) electrons. The Bertz CT molecular complexity index is 655. The van der Waals surface area contributed by atoms with E-state index in [0.29, 0.717) is 11.9 Å². The molecule has 0 bridgehead atoms. The molecule has 0 spiro atoms. The van der Waals surface area contributed by atoms with Crippen molar-refractivity contribution in [3.05, 3.63) is 12.2 Å². The van der Waals surface area contributed by atoms with E-state index in [9.17, 15) is 4.79 Å². The number of aromatic nitrogens is 3. The van der Waals surface area contributed by atoms with Crippen molar-refractivity contribution in [1.29, 1.82) is 0 Å². The first-order valence-corrected chi connectivity index (χ1v) is 11.6. The Balaban J connectivity index is 0.00000300. The topological polar surface area (TPSA) is 87.4 Å². The Hall–Kier alpha value is -1.04. The highest BCUT2D eigenvalue weighted by atomic mass is 127. The smallest absolute Gasteiger partial charge is 0.225 e. The molecule has 1 saturated heterocycles. The Morgan fingerprint density at radius 2 is 2.00 bits per heavy atom. The molecule has 3 rings (SSSR count). The predicted octanol–water partition coefficient (Wildman–Crippen LogP) is 1.76. The van der Waals surface area contributed by atoms with Gasteiger partial charge in [0.25, 0.3) is 0 Å². The van der Waals surface area contributed by atoms with Crippen LogP contribution in [0.2, 0.25) is 0 Å². The van der Waals surface area contributed by atoms with E-state index in [-0.39, 0.29) is 29.9 Å². The molecule has 0 unspecified atom stereocenters. The molecule has 1 saturated carbocycles. The number of aliphatic imine (C=N–C) groups is 1. The van der Waals surface area contributed by atoms with Gasteiger partial charge in [0, 0.05) is 63.1 Å². The second-order valence-corrected chi connectivity index (χ2v) is 8.65. The van der Waals surface area contributed by atoms with Gasteiger partial charge in [0.05, 0.1) is 0 Å². The number of rotatable bonds is 6. The standard InChI is InChI=1S/C19H33N7OS.HI/c1-3-17-24-22-14-26(17)9-8-21-19(20-2)23-16-6-4-15(5-7-16)18(27)25-10-12-28-13-11-25;/h14-16H,3-13H2,1-2H3,(H2,20,21,23);1H. The first-order chi connectivity index (χ1) is 13.7. The van der Waals surface area contributed by atoms with Crippen LogP contribution in [0, 0.1) is 5.92 Å². The van der Waals surface area contributed by atoms with Gasteiger partial charge in [-0.25, -0.2) is 0 Å². The lowest BCUT2D eigenvalue weighted by molar-refractivity contribution is -0.136. The minimum absolute atomic E-state index is 0. The first-order valence-electron chi connectivity index (χ1n) is 10.4. The molecular weight excluding hydrogens is 501 g/mol. The second kappa shape index (κ2) is 12.6. The van der Waals surface area contributed by atoms with Crippen molar-refractivity contribution >= 4 is 47.6 Å². The van der Waals surface area contributed by atoms with Crippen LogP contribution in [0.25, 0.3) is 0 Å². The molecule has 8 nitrogen and oxygen atoms in total. The van der Waals surface area contributed by atoms with E-state index >= 15 is 0 Å². The largest absolute Gasteiger partial charge is 0.355 e. The summed E-state index contributed by atoms with van der Waals surface area (Å²) in [6, 6.07) is 0.383. The summed E-state index contributed by atoms with van der Waals surface area (Å²) in [5, 5.41) is 15.0. The van der Waals surface area contributed by atoms with Gasteiger partial charge in [0.2, 0.25) is 5.91 Å². The molecule has 0 aromatic carbocycles. The van der Waals surface area contributed by atoms with E-state index in [0.717, 1.165) is 81.6 Å². The van der Waals surface area contributed by atoms with Crippen molar-refractivity contribution in [2.24, 2.45) is 10.9 Å². The van der Waals surface area contributed by atoms with E-state index in [2.05, 4.69) is 42.2 Å². The van der Waals surface area contributed by atoms with Crippen LogP contribution < -0.4 is 10.6 Å². The van der Waals surface area contributed by atoms with Crippen molar-refractivity contribution in [2.75, 3.05) is 38.2 Å². The van der Waals surface area contributed by atoms with E-state index in [1.165, 1.54) is 0 Å². The van der Waals surface area contributed by atoms with Gasteiger partial charge in [0.1, 0.15) is 12.2 Å². The fourth-order valence-electron chi connectivity index (χ4n) is 3.95. The minimum atomic E-state index is 0. The maximum atomic E-state index is 12.7. The number of carbonyl (C=O) groups is 1. The zero-order chi connectivity index (χ0) is 19.8. The quantitative estimate of drug-likeness (QED) is 0.328. The zero-order valence-corrected chi connectivity index (χ0v) is 20.6. The van der Waals surface area contributed by atoms with Gasteiger partial charge in [-0.15, -0.1) is 34.2 Å². The highest BCUT2D eigenvalue weighted by Gasteiger charge is 2.30. The van der Waals surface area contributed by atoms with Crippen molar-refractivity contribution in [2.45, 2.75) is 51.6 Å². The molecule has 1 aliphatic heterocycles. The van der Waals surface area contributed by atoms with Crippen LogP contribution in [0.4, 0.5) is 0 Å². The average molecular weight is 536 g/mol. The van der Waals surface area contributed by atoms with Crippen molar-refractivity contribution in [3.8, 4) is 0 Å². The fourth-order valence-corrected chi connectivity index (χ4v) is 4.85. The van der Waals surface area contributed by atoms with Gasteiger partial charge in [-0.3, -0.25) is 9.79 Å². The molecular formula is C19H34IN7OS. The normalized spacial score (nSPS) is 22.7. The Morgan fingerprint density at radius 1 is 1.28 bits per heavy atom. The summed E-state index contributed by atoms with van der Waals surface area (Å²) in [7, 11) is 1.80. The van der Waals surface area contributed by atoms with Gasteiger partial charge in [-0.05, 0) is 25.7 Å². The lowest BCUT2D eigenvalue weighted by atomic mass is 9.85. The lowest BCUT2D eigenvalue weighted by Crippen LogP contribution is -2.47. The number of thioether (sulfide) groups is 1. The monoisotopic (exact) mass is 535 g/mol. The molecule has 1 aromatic heterocycles. The van der Waals surface area contributed by atoms with Crippen LogP contribution in [0.3, 0.4) is 0 Å². The first kappa shape index (κ1) is 24.2. The number of amides is 1. The Morgan fingerprint density at radius 3 is 2.66 bits per heavy atom. The number of aryl methyl sites for hydroxylation is 1. The van der Waals surface area contributed by atoms with Gasteiger partial charge in [-0.1, -0.05) is 6.92 Å². The van der Waals surface area contributed by atoms with Crippen molar-refractivity contribution in [3.63, 3.8) is 0 Å². The SMILES string of the molecule is CCc1nncn1CCNC(=NC)NC1CCC(C(=O)N2CCSCC2)CC1.I. The van der Waals surface area contributed by atoms with Gasteiger partial charge >= 0.3 is 0 Å². The van der Waals surface area contributed by atoms with Crippen LogP contribution in [0.1, 0.15) is 38.4 Å². The molecule has 2 heterocycles. The van der Waals surface area contributed by atoms with Gasteiger partial charge in [-0.2, -0.15) is 11.8 Å². The Labute approximate surface area is 195 Å². The van der Waals surface area contributed by atoms with E-state index < -0.39 is 0 Å². The lowest BCUT2D eigenvalue weighted by Gasteiger charge is -2.34. The van der Waals surface area contributed by atoms with Crippen LogP contribution in [-0.2, 0) is 17.8 Å². The maximum Gasteiger partial charge on any atom is 0.225 e. The summed E-state index contributed by atoms with van der Waals surface area (Å²) in [4.78, 5) is 19.1. The number of guanidine groups is 1. The van der Waals surface area contributed by atoms with Crippen LogP contribution in [0.15, 0.2) is 11.3 Å². The molecule has 1 aromatic rings. The molecule has 0 atom stereocenters. The van der Waals surface area contributed by atoms with E-state index in [4.69, 9.17) is 0 Å². The van der Waals surface area contributed by atoms with Crippen molar-refractivity contribution in [1.82, 2.24) is 30.3 Å². The van der Waals surface area contributed by atoms with Gasteiger partial charge < -0.3 is 20.1 Å². The van der Waals surface area contributed by atoms with Crippen molar-refractivity contribution < 1.29 is 4.79 Å². The van der Waals surface area contributed by atoms with E-state index in [1.54, 1.807) is 13.4 Å². The third-order valence-electron chi connectivity index (χ3n) is 5.62. The summed E-state index contributed by atoms with van der Waals surface area (Å²) in [6.07, 6.45) is 6.63. The van der Waals surface area contributed by atoms with Crippen LogP contribution in [0.5, 0.6) is 0 Å². The highest BCUT2D eigenvalue weighted by Crippen LogP contribution is 2.27. The molecule has 29 heavy (non-hydrogen) atoms. The zero-order valence-electron chi connectivity index (χ0n) is 17.5. The number of hydrogen-bond acceptors (Lipinski definition) is 5. The molecule has 1 amide bonds. The Kier molecular flexibility index (Phi) is 10.5. The van der Waals surface area contributed by atoms with Gasteiger partial charge in [0.15, 0.2) is 5.96 Å². The molecule has 2 aliphatic rings. The summed E-state index contributed by atoms with van der Waals surface area (Å²) in [5.41, 5.74) is 0. The number of halogens is 1.